The first-order chi connectivity index (χ1) is 14.6. The zero-order chi connectivity index (χ0) is 22.6. The largest absolute Gasteiger partial charge is 0.459 e. The van der Waals surface area contributed by atoms with Gasteiger partial charge in [-0.3, -0.25) is 9.59 Å². The fraction of sp³-hybridized carbons (Fsp3) is 0.652. The molecule has 0 aromatic heterocycles. The molecule has 1 aromatic carbocycles. The zero-order valence-electron chi connectivity index (χ0n) is 18.6. The Hall–Kier alpha value is -0.960. The molecule has 172 valence electrons. The summed E-state index contributed by atoms with van der Waals surface area (Å²) >= 11 is 7.02. The van der Waals surface area contributed by atoms with E-state index >= 15 is 0 Å². The van der Waals surface area contributed by atoms with Crippen molar-refractivity contribution in [2.75, 3.05) is 32.7 Å². The maximum absolute atomic E-state index is 13.4. The van der Waals surface area contributed by atoms with Crippen molar-refractivity contribution in [2.24, 2.45) is 5.41 Å². The van der Waals surface area contributed by atoms with Crippen LogP contribution >= 0.6 is 31.9 Å². The van der Waals surface area contributed by atoms with Gasteiger partial charge in [-0.25, -0.2) is 0 Å². The van der Waals surface area contributed by atoms with Crippen molar-refractivity contribution in [3.8, 4) is 0 Å². The number of ether oxygens (including phenoxy) is 1. The van der Waals surface area contributed by atoms with E-state index in [1.54, 1.807) is 0 Å². The molecule has 3 rings (SSSR count). The lowest BCUT2D eigenvalue weighted by molar-refractivity contribution is -0.176. The normalized spacial score (nSPS) is 21.6. The Kier molecular flexibility index (Phi) is 8.21. The van der Waals surface area contributed by atoms with Crippen LogP contribution in [0.15, 0.2) is 27.1 Å². The van der Waals surface area contributed by atoms with Gasteiger partial charge in [-0.15, -0.1) is 0 Å². The highest BCUT2D eigenvalue weighted by atomic mass is 79.9. The maximum atomic E-state index is 13.4. The number of carbonyl (C=O) groups is 2. The number of esters is 1. The second kappa shape index (κ2) is 10.3. The predicted molar refractivity (Wildman–Crippen MR) is 129 cm³/mol. The highest BCUT2D eigenvalue weighted by Gasteiger charge is 2.52. The lowest BCUT2D eigenvalue weighted by Gasteiger charge is -2.49. The fourth-order valence-corrected chi connectivity index (χ4v) is 5.19. The first-order valence-corrected chi connectivity index (χ1v) is 12.6. The van der Waals surface area contributed by atoms with E-state index in [0.717, 1.165) is 34.1 Å². The molecule has 2 aliphatic rings. The van der Waals surface area contributed by atoms with Crippen LogP contribution in [-0.4, -0.2) is 61.1 Å². The molecule has 2 saturated heterocycles. The van der Waals surface area contributed by atoms with Gasteiger partial charge in [-0.2, -0.15) is 0 Å². The van der Waals surface area contributed by atoms with Gasteiger partial charge in [-0.05, 0) is 103 Å². The molecule has 0 saturated carbocycles. The van der Waals surface area contributed by atoms with Gasteiger partial charge in [0.25, 0.3) is 0 Å². The molecule has 2 fully saturated rings. The third-order valence-electron chi connectivity index (χ3n) is 6.11. The molecule has 1 aromatic rings. The van der Waals surface area contributed by atoms with Crippen LogP contribution in [0.3, 0.4) is 0 Å². The minimum atomic E-state index is -0.678. The number of piperidine rings is 1. The molecule has 2 aliphatic heterocycles. The molecule has 0 radical (unpaired) electrons. The third kappa shape index (κ3) is 6.09. The molecule has 0 unspecified atom stereocenters. The Morgan fingerprint density at radius 3 is 2.48 bits per heavy atom. The van der Waals surface area contributed by atoms with Gasteiger partial charge in [0.15, 0.2) is 0 Å². The van der Waals surface area contributed by atoms with Crippen LogP contribution in [0.1, 0.15) is 45.6 Å². The lowest BCUT2D eigenvalue weighted by Crippen LogP contribution is -2.65. The third-order valence-corrected chi connectivity index (χ3v) is 7.99. The summed E-state index contributed by atoms with van der Waals surface area (Å²) in [5, 5.41) is 6.77. The van der Waals surface area contributed by atoms with Gasteiger partial charge in [-0.1, -0.05) is 6.07 Å². The highest BCUT2D eigenvalue weighted by molar-refractivity contribution is 9.13. The Balaban J connectivity index is 1.78. The number of piperazine rings is 1. The van der Waals surface area contributed by atoms with Crippen LogP contribution in [0.4, 0.5) is 0 Å². The SMILES string of the molecule is CC(C)(C)OC(=O)C1([C@@H]2CNCCN2C(=O)CCc2ccc(Br)c(Br)c2)CCNCC1. The van der Waals surface area contributed by atoms with Gasteiger partial charge < -0.3 is 20.3 Å². The van der Waals surface area contributed by atoms with Crippen molar-refractivity contribution in [3.05, 3.63) is 32.7 Å². The number of halogens is 2. The molecule has 2 N–H and O–H groups in total. The molecule has 31 heavy (non-hydrogen) atoms. The molecule has 2 heterocycles. The highest BCUT2D eigenvalue weighted by Crippen LogP contribution is 2.39. The Morgan fingerprint density at radius 1 is 1.13 bits per heavy atom. The summed E-state index contributed by atoms with van der Waals surface area (Å²) in [7, 11) is 0. The van der Waals surface area contributed by atoms with Gasteiger partial charge >= 0.3 is 5.97 Å². The number of hydrogen-bond acceptors (Lipinski definition) is 5. The molecular weight excluding hydrogens is 526 g/mol. The Bertz CT molecular complexity index is 804. The van der Waals surface area contributed by atoms with Gasteiger partial charge in [0.2, 0.25) is 5.91 Å². The maximum Gasteiger partial charge on any atom is 0.314 e. The molecular formula is C23H33Br2N3O3. The molecule has 0 spiro atoms. The van der Waals surface area contributed by atoms with E-state index in [4.69, 9.17) is 4.74 Å². The van der Waals surface area contributed by atoms with Gasteiger partial charge in [0, 0.05) is 35.0 Å². The average molecular weight is 559 g/mol. The average Bonchev–Trinajstić information content (AvgIpc) is 2.73. The van der Waals surface area contributed by atoms with Gasteiger partial charge in [0.05, 0.1) is 11.5 Å². The number of hydrogen-bond donors (Lipinski definition) is 2. The topological polar surface area (TPSA) is 70.7 Å². The molecule has 6 nitrogen and oxygen atoms in total. The van der Waals surface area contributed by atoms with E-state index in [1.807, 2.05) is 43.9 Å². The molecule has 0 bridgehead atoms. The number of aryl methyl sites for hydroxylation is 1. The van der Waals surface area contributed by atoms with Crippen molar-refractivity contribution in [1.82, 2.24) is 15.5 Å². The summed E-state index contributed by atoms with van der Waals surface area (Å²) < 4.78 is 7.85. The summed E-state index contributed by atoms with van der Waals surface area (Å²) in [4.78, 5) is 28.7. The first kappa shape index (κ1) is 24.7. The second-order valence-corrected chi connectivity index (χ2v) is 11.2. The number of rotatable bonds is 5. The van der Waals surface area contributed by atoms with Crippen LogP contribution in [0, 0.1) is 5.41 Å². The lowest BCUT2D eigenvalue weighted by atomic mass is 9.71. The summed E-state index contributed by atoms with van der Waals surface area (Å²) in [6.07, 6.45) is 2.45. The van der Waals surface area contributed by atoms with Crippen molar-refractivity contribution >= 4 is 43.7 Å². The minimum absolute atomic E-state index is 0.104. The van der Waals surface area contributed by atoms with E-state index < -0.39 is 11.0 Å². The monoisotopic (exact) mass is 557 g/mol. The van der Waals surface area contributed by atoms with Crippen molar-refractivity contribution < 1.29 is 14.3 Å². The minimum Gasteiger partial charge on any atom is -0.459 e. The van der Waals surface area contributed by atoms with Crippen molar-refractivity contribution in [3.63, 3.8) is 0 Å². The zero-order valence-corrected chi connectivity index (χ0v) is 21.8. The second-order valence-electron chi connectivity index (χ2n) is 9.46. The van der Waals surface area contributed by atoms with E-state index in [-0.39, 0.29) is 17.9 Å². The van der Waals surface area contributed by atoms with Crippen LogP contribution < -0.4 is 10.6 Å². The fourth-order valence-electron chi connectivity index (χ4n) is 4.51. The van der Waals surface area contributed by atoms with Crippen molar-refractivity contribution in [2.45, 2.75) is 58.1 Å². The van der Waals surface area contributed by atoms with Crippen molar-refractivity contribution in [1.29, 1.82) is 0 Å². The first-order valence-electron chi connectivity index (χ1n) is 11.0. The quantitative estimate of drug-likeness (QED) is 0.540. The predicted octanol–water partition coefficient (Wildman–Crippen LogP) is 3.66. The molecule has 1 atom stereocenters. The van der Waals surface area contributed by atoms with Crippen LogP contribution in [0.25, 0.3) is 0 Å². The van der Waals surface area contributed by atoms with Crippen LogP contribution in [0.2, 0.25) is 0 Å². The summed E-state index contributed by atoms with van der Waals surface area (Å²) in [5.74, 6) is -0.0724. The smallest absolute Gasteiger partial charge is 0.314 e. The standard InChI is InChI=1S/C23H33Br2N3O3/c1-22(2,3)31-21(30)23(8-10-26-11-9-23)19-15-27-12-13-28(19)20(29)7-5-16-4-6-17(24)18(25)14-16/h4,6,14,19,26-27H,5,7-13,15H2,1-3H3/t19-/m0/s1. The molecule has 8 heteroatoms. The van der Waals surface area contributed by atoms with Crippen LogP contribution in [-0.2, 0) is 20.7 Å². The Labute approximate surface area is 202 Å². The number of nitrogens with one attached hydrogen (secondary N) is 2. The summed E-state index contributed by atoms with van der Waals surface area (Å²) in [6, 6.07) is 5.88. The number of benzene rings is 1. The molecule has 1 amide bonds. The Morgan fingerprint density at radius 2 is 1.84 bits per heavy atom. The van der Waals surface area contributed by atoms with E-state index in [0.29, 0.717) is 38.8 Å². The van der Waals surface area contributed by atoms with E-state index in [2.05, 4.69) is 42.5 Å². The van der Waals surface area contributed by atoms with Crippen LogP contribution in [0.5, 0.6) is 0 Å². The van der Waals surface area contributed by atoms with E-state index in [1.165, 1.54) is 0 Å². The molecule has 0 aliphatic carbocycles. The summed E-state index contributed by atoms with van der Waals surface area (Å²) in [6.45, 7) is 9.19. The van der Waals surface area contributed by atoms with Gasteiger partial charge in [0.1, 0.15) is 5.60 Å². The number of carbonyl (C=O) groups excluding carboxylic acids is 2. The summed E-state index contributed by atoms with van der Waals surface area (Å²) in [5.41, 5.74) is -0.123. The van der Waals surface area contributed by atoms with E-state index in [9.17, 15) is 9.59 Å². The number of nitrogens with zero attached hydrogens (tertiary/aromatic N) is 1. The number of amides is 1.